The maximum atomic E-state index is 12.1. The molecule has 0 spiro atoms. The molecule has 0 aliphatic carbocycles. The van der Waals surface area contributed by atoms with Gasteiger partial charge in [0.2, 0.25) is 0 Å². The fourth-order valence-electron chi connectivity index (χ4n) is 1.96. The number of hydrogen-bond donors (Lipinski definition) is 3. The van der Waals surface area contributed by atoms with E-state index in [1.54, 1.807) is 42.5 Å². The molecular formula is C16H18N2O3. The highest BCUT2D eigenvalue weighted by atomic mass is 16.5. The van der Waals surface area contributed by atoms with Crippen molar-refractivity contribution in [2.45, 2.75) is 13.5 Å². The number of aliphatic hydroxyl groups excluding tert-OH is 1. The molecule has 5 nitrogen and oxygen atoms in total. The smallest absolute Gasteiger partial charge is 0.255 e. The number of benzene rings is 2. The van der Waals surface area contributed by atoms with Gasteiger partial charge < -0.3 is 20.9 Å². The summed E-state index contributed by atoms with van der Waals surface area (Å²) < 4.78 is 5.40. The van der Waals surface area contributed by atoms with E-state index in [0.717, 1.165) is 0 Å². The molecule has 0 aromatic heterocycles. The van der Waals surface area contributed by atoms with E-state index in [2.05, 4.69) is 5.32 Å². The lowest BCUT2D eigenvalue weighted by Crippen LogP contribution is -2.12. The van der Waals surface area contributed by atoms with Crippen LogP contribution in [-0.2, 0) is 6.61 Å². The number of carbonyl (C=O) groups is 1. The van der Waals surface area contributed by atoms with Crippen LogP contribution in [0, 0.1) is 0 Å². The van der Waals surface area contributed by atoms with Crippen LogP contribution >= 0.6 is 0 Å². The first-order chi connectivity index (χ1) is 10.1. The number of aliphatic hydroxyl groups is 1. The molecule has 2 aromatic rings. The van der Waals surface area contributed by atoms with E-state index in [4.69, 9.17) is 10.5 Å². The molecule has 0 radical (unpaired) electrons. The monoisotopic (exact) mass is 286 g/mol. The van der Waals surface area contributed by atoms with Gasteiger partial charge in [-0.15, -0.1) is 0 Å². The van der Waals surface area contributed by atoms with Crippen LogP contribution in [0.25, 0.3) is 0 Å². The number of anilines is 2. The summed E-state index contributed by atoms with van der Waals surface area (Å²) in [6, 6.07) is 11.9. The van der Waals surface area contributed by atoms with Crippen molar-refractivity contribution in [3.63, 3.8) is 0 Å². The molecule has 5 heteroatoms. The number of ether oxygens (including phenoxy) is 1. The molecule has 21 heavy (non-hydrogen) atoms. The summed E-state index contributed by atoms with van der Waals surface area (Å²) in [5.41, 5.74) is 7.89. The minimum Gasteiger partial charge on any atom is -0.494 e. The SMILES string of the molecule is CCOc1ccc(NC(=O)c2cccc(N)c2)cc1CO. The van der Waals surface area contributed by atoms with Crippen molar-refractivity contribution >= 4 is 17.3 Å². The van der Waals surface area contributed by atoms with Crippen LogP contribution in [0.1, 0.15) is 22.8 Å². The highest BCUT2D eigenvalue weighted by Crippen LogP contribution is 2.23. The van der Waals surface area contributed by atoms with Gasteiger partial charge >= 0.3 is 0 Å². The lowest BCUT2D eigenvalue weighted by Gasteiger charge is -2.11. The lowest BCUT2D eigenvalue weighted by molar-refractivity contribution is 0.102. The average Bonchev–Trinajstić information content (AvgIpc) is 2.49. The molecule has 0 heterocycles. The Hall–Kier alpha value is -2.53. The standard InChI is InChI=1S/C16H18N2O3/c1-2-21-15-7-6-14(9-12(15)10-19)18-16(20)11-4-3-5-13(17)8-11/h3-9,19H,2,10,17H2,1H3,(H,18,20). The van der Waals surface area contributed by atoms with Gasteiger partial charge in [-0.25, -0.2) is 0 Å². The molecule has 110 valence electrons. The van der Waals surface area contributed by atoms with Gasteiger partial charge in [0, 0.05) is 22.5 Å². The zero-order valence-corrected chi connectivity index (χ0v) is 11.8. The van der Waals surface area contributed by atoms with E-state index in [1.165, 1.54) is 0 Å². The fraction of sp³-hybridized carbons (Fsp3) is 0.188. The maximum Gasteiger partial charge on any atom is 0.255 e. The third-order valence-corrected chi connectivity index (χ3v) is 2.94. The van der Waals surface area contributed by atoms with Gasteiger partial charge in [0.15, 0.2) is 0 Å². The van der Waals surface area contributed by atoms with Crippen molar-refractivity contribution in [3.8, 4) is 5.75 Å². The molecule has 0 unspecified atom stereocenters. The zero-order chi connectivity index (χ0) is 15.2. The van der Waals surface area contributed by atoms with Crippen molar-refractivity contribution in [3.05, 3.63) is 53.6 Å². The van der Waals surface area contributed by atoms with E-state index < -0.39 is 0 Å². The Labute approximate surface area is 123 Å². The average molecular weight is 286 g/mol. The highest BCUT2D eigenvalue weighted by molar-refractivity contribution is 6.04. The quantitative estimate of drug-likeness (QED) is 0.737. The summed E-state index contributed by atoms with van der Waals surface area (Å²) in [4.78, 5) is 12.1. The van der Waals surface area contributed by atoms with Crippen LogP contribution in [0.4, 0.5) is 11.4 Å². The van der Waals surface area contributed by atoms with Gasteiger partial charge in [0.25, 0.3) is 5.91 Å². The third kappa shape index (κ3) is 3.73. The molecule has 0 atom stereocenters. The van der Waals surface area contributed by atoms with Gasteiger partial charge in [-0.05, 0) is 43.3 Å². The van der Waals surface area contributed by atoms with Crippen molar-refractivity contribution in [1.29, 1.82) is 0 Å². The van der Waals surface area contributed by atoms with Gasteiger partial charge in [-0.3, -0.25) is 4.79 Å². The first-order valence-corrected chi connectivity index (χ1v) is 6.67. The van der Waals surface area contributed by atoms with Crippen LogP contribution < -0.4 is 15.8 Å². The predicted molar refractivity (Wildman–Crippen MR) is 82.3 cm³/mol. The van der Waals surface area contributed by atoms with Gasteiger partial charge in [0.1, 0.15) is 5.75 Å². The van der Waals surface area contributed by atoms with E-state index in [-0.39, 0.29) is 12.5 Å². The Morgan fingerprint density at radius 1 is 1.29 bits per heavy atom. The number of nitrogens with two attached hydrogens (primary N) is 1. The minimum atomic E-state index is -0.254. The van der Waals surface area contributed by atoms with E-state index in [0.29, 0.717) is 34.9 Å². The number of hydrogen-bond acceptors (Lipinski definition) is 4. The number of carbonyl (C=O) groups excluding carboxylic acids is 1. The molecule has 4 N–H and O–H groups in total. The minimum absolute atomic E-state index is 0.155. The molecule has 0 aliphatic heterocycles. The van der Waals surface area contributed by atoms with Crippen molar-refractivity contribution in [2.75, 3.05) is 17.7 Å². The second kappa shape index (κ2) is 6.76. The maximum absolute atomic E-state index is 12.1. The Balaban J connectivity index is 2.17. The molecule has 0 bridgehead atoms. The normalized spacial score (nSPS) is 10.2. The van der Waals surface area contributed by atoms with Crippen LogP contribution in [0.15, 0.2) is 42.5 Å². The second-order valence-electron chi connectivity index (χ2n) is 4.49. The Kier molecular flexibility index (Phi) is 4.79. The third-order valence-electron chi connectivity index (χ3n) is 2.94. The summed E-state index contributed by atoms with van der Waals surface area (Å²) in [6.45, 7) is 2.23. The summed E-state index contributed by atoms with van der Waals surface area (Å²) in [5.74, 6) is 0.359. The number of nitrogens with one attached hydrogen (secondary N) is 1. The van der Waals surface area contributed by atoms with Crippen LogP contribution in [0.5, 0.6) is 5.75 Å². The summed E-state index contributed by atoms with van der Waals surface area (Å²) in [6.07, 6.45) is 0. The first kappa shape index (κ1) is 14.9. The number of rotatable bonds is 5. The summed E-state index contributed by atoms with van der Waals surface area (Å²) >= 11 is 0. The van der Waals surface area contributed by atoms with Crippen molar-refractivity contribution in [1.82, 2.24) is 0 Å². The zero-order valence-electron chi connectivity index (χ0n) is 11.8. The van der Waals surface area contributed by atoms with Gasteiger partial charge in [-0.2, -0.15) is 0 Å². The molecule has 0 fully saturated rings. The molecule has 1 amide bonds. The first-order valence-electron chi connectivity index (χ1n) is 6.67. The number of nitrogen functional groups attached to an aromatic ring is 1. The largest absolute Gasteiger partial charge is 0.494 e. The molecule has 2 aromatic carbocycles. The Bertz CT molecular complexity index is 641. The summed E-state index contributed by atoms with van der Waals surface area (Å²) in [7, 11) is 0. The van der Waals surface area contributed by atoms with Crippen LogP contribution in [0.3, 0.4) is 0 Å². The molecule has 0 saturated heterocycles. The lowest BCUT2D eigenvalue weighted by atomic mass is 10.1. The van der Waals surface area contributed by atoms with Crippen LogP contribution in [0.2, 0.25) is 0 Å². The van der Waals surface area contributed by atoms with E-state index in [9.17, 15) is 9.90 Å². The molecule has 0 aliphatic rings. The van der Waals surface area contributed by atoms with Gasteiger partial charge in [0.05, 0.1) is 13.2 Å². The Morgan fingerprint density at radius 2 is 2.10 bits per heavy atom. The van der Waals surface area contributed by atoms with Crippen molar-refractivity contribution in [2.24, 2.45) is 0 Å². The topological polar surface area (TPSA) is 84.6 Å². The summed E-state index contributed by atoms with van der Waals surface area (Å²) in [5, 5.41) is 12.1. The number of amides is 1. The fourth-order valence-corrected chi connectivity index (χ4v) is 1.96. The predicted octanol–water partition coefficient (Wildman–Crippen LogP) is 2.41. The molecule has 0 saturated carbocycles. The molecular weight excluding hydrogens is 268 g/mol. The van der Waals surface area contributed by atoms with E-state index >= 15 is 0 Å². The highest BCUT2D eigenvalue weighted by Gasteiger charge is 2.09. The van der Waals surface area contributed by atoms with E-state index in [1.807, 2.05) is 6.92 Å². The second-order valence-corrected chi connectivity index (χ2v) is 4.49. The Morgan fingerprint density at radius 3 is 2.76 bits per heavy atom. The van der Waals surface area contributed by atoms with Gasteiger partial charge in [-0.1, -0.05) is 6.07 Å². The van der Waals surface area contributed by atoms with Crippen LogP contribution in [-0.4, -0.2) is 17.6 Å². The molecule has 2 rings (SSSR count). The van der Waals surface area contributed by atoms with Crippen molar-refractivity contribution < 1.29 is 14.6 Å².